The highest BCUT2D eigenvalue weighted by molar-refractivity contribution is 5.01. The Morgan fingerprint density at radius 2 is 0.500 bits per heavy atom. The van der Waals surface area contributed by atoms with Crippen molar-refractivity contribution in [3.8, 4) is 0 Å². The van der Waals surface area contributed by atoms with E-state index in [-0.39, 0.29) is 6.61 Å². The van der Waals surface area contributed by atoms with Gasteiger partial charge in [0.15, 0.2) is 37.7 Å². The molecule has 68 heavy (non-hydrogen) atoms. The van der Waals surface area contributed by atoms with Gasteiger partial charge in [-0.2, -0.15) is 0 Å². The van der Waals surface area contributed by atoms with Crippen LogP contribution in [0.25, 0.3) is 0 Å². The lowest BCUT2D eigenvalue weighted by molar-refractivity contribution is -0.404. The highest BCUT2D eigenvalue weighted by Gasteiger charge is 2.59. The summed E-state index contributed by atoms with van der Waals surface area (Å²) in [5.41, 5.74) is 0. The Bertz CT molecular complexity index is 1550. The van der Waals surface area contributed by atoms with Gasteiger partial charge in [0.1, 0.15) is 146 Å². The predicted molar refractivity (Wildman–Crippen MR) is 205 cm³/mol. The quantitative estimate of drug-likeness (QED) is 0.107. The van der Waals surface area contributed by atoms with Gasteiger partial charge >= 0.3 is 0 Å². The van der Waals surface area contributed by atoms with Gasteiger partial charge in [0.25, 0.3) is 0 Å². The fourth-order valence-corrected chi connectivity index (χ4v) is 9.32. The van der Waals surface area contributed by atoms with Gasteiger partial charge in [0, 0.05) is 14.2 Å². The molecule has 12 bridgehead atoms. The number of methoxy groups -OCH3 is 2. The Morgan fingerprint density at radius 3 is 0.721 bits per heavy atom. The predicted octanol–water partition coefficient (Wildman–Crippen LogP) is -11.7. The molecule has 22 rings (SSSR count). The van der Waals surface area contributed by atoms with Crippen molar-refractivity contribution in [2.45, 2.75) is 184 Å². The van der Waals surface area contributed by atoms with Gasteiger partial charge in [-0.15, -0.1) is 0 Å². The van der Waals surface area contributed by atoms with Gasteiger partial charge in [-0.1, -0.05) is 0 Å². The fourth-order valence-electron chi connectivity index (χ4n) is 9.32. The summed E-state index contributed by atoms with van der Waals surface area (Å²) >= 11 is 0. The number of ether oxygens (including phenoxy) is 14. The SMILES string of the molecule is COC[C@H]1O[C@@H]2O[C@H]3[C@H](O)[C@@H](O)[C@@H](O[C@H]4[C@H](O)[C@@H](O)[C@@H](O[C@H]5[C@H](O)[C@@H](O)[C@@H](O[C@H]6[C@H](O)[C@@H](O)[C@@H](O[C@H]7[C@H](O)[C@@H](O)[C@@H](O[C@H]1[C@H](O)[C@H]2OC)O[C@@H]7CO)O[C@@H]6CO)O[C@@H]5CO)O[C@@H]4CO)O[C@@H]3CO. The molecule has 16 N–H and O–H groups in total. The van der Waals surface area contributed by atoms with Crippen molar-refractivity contribution < 1.29 is 148 Å². The minimum Gasteiger partial charge on any atom is -0.394 e. The van der Waals surface area contributed by atoms with Gasteiger partial charge in [-0.25, -0.2) is 0 Å². The molecular formula is C38H64O30. The second kappa shape index (κ2) is 23.3. The summed E-state index contributed by atoms with van der Waals surface area (Å²) in [4.78, 5) is 0. The van der Waals surface area contributed by atoms with E-state index in [1.165, 1.54) is 7.11 Å². The first-order valence-corrected chi connectivity index (χ1v) is 21.9. The molecule has 22 fully saturated rings. The van der Waals surface area contributed by atoms with E-state index < -0.39 is 217 Å². The Kier molecular flexibility index (Phi) is 18.7. The van der Waals surface area contributed by atoms with E-state index >= 15 is 0 Å². The van der Waals surface area contributed by atoms with E-state index in [9.17, 15) is 81.7 Å². The van der Waals surface area contributed by atoms with Crippen molar-refractivity contribution in [1.29, 1.82) is 0 Å². The van der Waals surface area contributed by atoms with Crippen LogP contribution in [0.4, 0.5) is 0 Å². The normalized spacial score (nSPS) is 54.1. The first kappa shape index (κ1) is 54.6. The van der Waals surface area contributed by atoms with Crippen molar-refractivity contribution in [3.63, 3.8) is 0 Å². The third-order valence-electron chi connectivity index (χ3n) is 13.1. The molecule has 22 saturated heterocycles. The summed E-state index contributed by atoms with van der Waals surface area (Å²) in [5, 5.41) is 176. The summed E-state index contributed by atoms with van der Waals surface area (Å²) in [6.45, 7) is -5.18. The van der Waals surface area contributed by atoms with Crippen molar-refractivity contribution in [3.05, 3.63) is 0 Å². The molecule has 0 radical (unpaired) electrons. The molecule has 0 amide bonds. The van der Waals surface area contributed by atoms with Crippen LogP contribution >= 0.6 is 0 Å². The number of hydrogen-bond acceptors (Lipinski definition) is 30. The number of rotatable bonds is 8. The van der Waals surface area contributed by atoms with Crippen LogP contribution in [-0.2, 0) is 66.3 Å². The topological polar surface area (TPSA) is 453 Å². The summed E-state index contributed by atoms with van der Waals surface area (Å²) in [7, 11) is 2.38. The first-order chi connectivity index (χ1) is 32.5. The van der Waals surface area contributed by atoms with Crippen molar-refractivity contribution in [2.24, 2.45) is 0 Å². The summed E-state index contributed by atoms with van der Waals surface area (Å²) in [5.74, 6) is 0. The number of hydrogen-bond donors (Lipinski definition) is 16. The van der Waals surface area contributed by atoms with Crippen LogP contribution in [0.5, 0.6) is 0 Å². The molecule has 0 unspecified atom stereocenters. The Labute approximate surface area is 385 Å². The van der Waals surface area contributed by atoms with E-state index in [1.807, 2.05) is 0 Å². The minimum absolute atomic E-state index is 0.370. The lowest BCUT2D eigenvalue weighted by Crippen LogP contribution is -2.69. The lowest BCUT2D eigenvalue weighted by atomic mass is 9.94. The van der Waals surface area contributed by atoms with Crippen LogP contribution in [0, 0.1) is 0 Å². The molecule has 396 valence electrons. The Morgan fingerprint density at radius 1 is 0.279 bits per heavy atom. The van der Waals surface area contributed by atoms with Gasteiger partial charge in [0.05, 0.1) is 39.6 Å². The van der Waals surface area contributed by atoms with Crippen LogP contribution in [-0.4, -0.2) is 320 Å². The maximum atomic E-state index is 11.7. The molecule has 30 nitrogen and oxygen atoms in total. The monoisotopic (exact) mass is 1000 g/mol. The minimum atomic E-state index is -2.13. The number of aliphatic hydroxyl groups is 16. The molecule has 30 heteroatoms. The van der Waals surface area contributed by atoms with E-state index in [4.69, 9.17) is 66.3 Å². The van der Waals surface area contributed by atoms with E-state index in [1.54, 1.807) is 0 Å². The van der Waals surface area contributed by atoms with Gasteiger partial charge in [-0.3, -0.25) is 0 Å². The summed E-state index contributed by atoms with van der Waals surface area (Å²) in [6.07, 6.45) is -55.6. The van der Waals surface area contributed by atoms with Crippen LogP contribution < -0.4 is 0 Å². The maximum absolute atomic E-state index is 11.7. The van der Waals surface area contributed by atoms with Crippen molar-refractivity contribution in [2.75, 3.05) is 53.9 Å². The Hall–Kier alpha value is -1.20. The zero-order valence-corrected chi connectivity index (χ0v) is 36.4. The first-order valence-electron chi connectivity index (χ1n) is 21.9. The molecule has 22 heterocycles. The van der Waals surface area contributed by atoms with Crippen LogP contribution in [0.1, 0.15) is 0 Å². The summed E-state index contributed by atoms with van der Waals surface area (Å²) in [6, 6.07) is 0. The smallest absolute Gasteiger partial charge is 0.187 e. The molecule has 0 aromatic heterocycles. The number of aliphatic hydroxyl groups excluding tert-OH is 16. The highest BCUT2D eigenvalue weighted by atomic mass is 16.8. The molecule has 30 atom stereocenters. The fraction of sp³-hybridized carbons (Fsp3) is 1.00. The third kappa shape index (κ3) is 10.6. The molecule has 0 aromatic carbocycles. The Balaban J connectivity index is 1.21. The summed E-state index contributed by atoms with van der Waals surface area (Å²) < 4.78 is 80.3. The lowest BCUT2D eigenvalue weighted by Gasteiger charge is -2.51. The van der Waals surface area contributed by atoms with Gasteiger partial charge < -0.3 is 148 Å². The molecule has 0 aromatic rings. The van der Waals surface area contributed by atoms with Crippen molar-refractivity contribution >= 4 is 0 Å². The van der Waals surface area contributed by atoms with Crippen LogP contribution in [0.15, 0.2) is 0 Å². The zero-order chi connectivity index (χ0) is 49.5. The average Bonchev–Trinajstić information content (AvgIpc) is 3.33. The third-order valence-corrected chi connectivity index (χ3v) is 13.1. The average molecular weight is 1000 g/mol. The second-order valence-electron chi connectivity index (χ2n) is 17.3. The zero-order valence-electron chi connectivity index (χ0n) is 36.4. The van der Waals surface area contributed by atoms with Crippen LogP contribution in [0.3, 0.4) is 0 Å². The van der Waals surface area contributed by atoms with Crippen LogP contribution in [0.2, 0.25) is 0 Å². The van der Waals surface area contributed by atoms with E-state index in [0.29, 0.717) is 0 Å². The molecule has 0 spiro atoms. The molecule has 22 aliphatic rings. The highest BCUT2D eigenvalue weighted by Crippen LogP contribution is 2.38. The molecule has 22 aliphatic heterocycles. The largest absolute Gasteiger partial charge is 0.394 e. The van der Waals surface area contributed by atoms with Crippen molar-refractivity contribution in [1.82, 2.24) is 0 Å². The van der Waals surface area contributed by atoms with E-state index in [0.717, 1.165) is 7.11 Å². The van der Waals surface area contributed by atoms with Gasteiger partial charge in [0.2, 0.25) is 0 Å². The second-order valence-corrected chi connectivity index (χ2v) is 17.3. The maximum Gasteiger partial charge on any atom is 0.187 e. The van der Waals surface area contributed by atoms with Gasteiger partial charge in [-0.05, 0) is 0 Å². The molecule has 0 aliphatic carbocycles. The molecular weight excluding hydrogens is 936 g/mol. The van der Waals surface area contributed by atoms with E-state index in [2.05, 4.69) is 0 Å². The standard InChI is InChI=1S/C38H64O30/c1-55-8-14-31-25(54)32(56-2)38(62-14)68-30-13(7-43)61-36(24(53)19(30)48)66-28-11(5-41)59-34(22(51)17(28)46)64-26-9(3-39)57-33(20(49)15(26)44)63-27-10(4-40)58-35(21(50)16(27)45)65-29-12(6-42)60-37(67-31)23(52)18(29)47/h9-54H,3-8H2,1-2H3/t9-,10-,11-,12-,13-,14-,15-,16-,17-,18-,19-,20-,21-,22-,23-,24-,25+,26-,27-,28-,29-,30-,31-,32-,33-,34-,35-,36-,37-,38-/m1/s1. The molecule has 0 saturated carbocycles.